The number of nitrogens with zero attached hydrogens (tertiary/aromatic N) is 2. The van der Waals surface area contributed by atoms with Crippen molar-refractivity contribution in [3.8, 4) is 0 Å². The SMILES string of the molecule is Cc1cc(Nc2ccc(NS(=O)(=O)c3ccc4c(c3)CC(=O)N4C)cc2)no1. The minimum Gasteiger partial charge on any atom is -0.360 e. The Labute approximate surface area is 162 Å². The molecule has 4 rings (SSSR count). The van der Waals surface area contributed by atoms with Gasteiger partial charge in [0, 0.05) is 30.2 Å². The van der Waals surface area contributed by atoms with Crippen LogP contribution in [0.3, 0.4) is 0 Å². The molecule has 1 amide bonds. The van der Waals surface area contributed by atoms with Gasteiger partial charge in [-0.2, -0.15) is 0 Å². The summed E-state index contributed by atoms with van der Waals surface area (Å²) in [6.45, 7) is 1.79. The molecule has 1 aliphatic heterocycles. The molecule has 0 radical (unpaired) electrons. The highest BCUT2D eigenvalue weighted by Gasteiger charge is 2.26. The fraction of sp³-hybridized carbons (Fsp3) is 0.158. The lowest BCUT2D eigenvalue weighted by Gasteiger charge is -2.12. The molecule has 144 valence electrons. The monoisotopic (exact) mass is 398 g/mol. The summed E-state index contributed by atoms with van der Waals surface area (Å²) in [5, 5.41) is 6.91. The van der Waals surface area contributed by atoms with E-state index in [4.69, 9.17) is 4.52 Å². The van der Waals surface area contributed by atoms with Crippen molar-refractivity contribution in [2.75, 3.05) is 22.0 Å². The van der Waals surface area contributed by atoms with Crippen LogP contribution in [-0.4, -0.2) is 26.5 Å². The highest BCUT2D eigenvalue weighted by atomic mass is 32.2. The Morgan fingerprint density at radius 3 is 2.46 bits per heavy atom. The average molecular weight is 398 g/mol. The lowest BCUT2D eigenvalue weighted by atomic mass is 10.2. The van der Waals surface area contributed by atoms with Crippen molar-refractivity contribution in [1.82, 2.24) is 5.16 Å². The second-order valence-corrected chi connectivity index (χ2v) is 8.23. The predicted molar refractivity (Wildman–Crippen MR) is 105 cm³/mol. The van der Waals surface area contributed by atoms with Crippen LogP contribution in [0.4, 0.5) is 22.9 Å². The number of likely N-dealkylation sites (N-methyl/N-ethyl adjacent to an activating group) is 1. The Bertz CT molecular complexity index is 1150. The first-order valence-electron chi connectivity index (χ1n) is 8.54. The van der Waals surface area contributed by atoms with E-state index >= 15 is 0 Å². The summed E-state index contributed by atoms with van der Waals surface area (Å²) < 4.78 is 32.9. The number of aromatic nitrogens is 1. The van der Waals surface area contributed by atoms with Crippen LogP contribution in [0.1, 0.15) is 11.3 Å². The lowest BCUT2D eigenvalue weighted by Crippen LogP contribution is -2.20. The molecule has 0 aliphatic carbocycles. The molecular weight excluding hydrogens is 380 g/mol. The van der Waals surface area contributed by atoms with Crippen LogP contribution in [0.2, 0.25) is 0 Å². The van der Waals surface area contributed by atoms with Crippen molar-refractivity contribution in [1.29, 1.82) is 0 Å². The third kappa shape index (κ3) is 3.44. The van der Waals surface area contributed by atoms with Gasteiger partial charge in [0.1, 0.15) is 5.76 Å². The lowest BCUT2D eigenvalue weighted by molar-refractivity contribution is -0.117. The summed E-state index contributed by atoms with van der Waals surface area (Å²) in [5.74, 6) is 1.21. The molecule has 2 heterocycles. The van der Waals surface area contributed by atoms with Gasteiger partial charge in [-0.1, -0.05) is 5.16 Å². The highest BCUT2D eigenvalue weighted by Crippen LogP contribution is 2.30. The van der Waals surface area contributed by atoms with E-state index in [0.717, 1.165) is 11.4 Å². The number of fused-ring (bicyclic) bond motifs is 1. The third-order valence-electron chi connectivity index (χ3n) is 4.48. The Balaban J connectivity index is 1.50. The van der Waals surface area contributed by atoms with Gasteiger partial charge in [-0.15, -0.1) is 0 Å². The normalized spacial score (nSPS) is 13.5. The molecule has 2 aromatic carbocycles. The molecule has 0 saturated heterocycles. The van der Waals surface area contributed by atoms with Crippen LogP contribution in [0, 0.1) is 6.92 Å². The van der Waals surface area contributed by atoms with E-state index in [2.05, 4.69) is 15.2 Å². The van der Waals surface area contributed by atoms with E-state index in [-0.39, 0.29) is 17.2 Å². The van der Waals surface area contributed by atoms with E-state index in [1.807, 2.05) is 0 Å². The van der Waals surface area contributed by atoms with E-state index in [0.29, 0.717) is 22.8 Å². The topological polar surface area (TPSA) is 105 Å². The van der Waals surface area contributed by atoms with E-state index < -0.39 is 10.0 Å². The van der Waals surface area contributed by atoms with Gasteiger partial charge in [0.15, 0.2) is 5.82 Å². The quantitative estimate of drug-likeness (QED) is 0.684. The van der Waals surface area contributed by atoms with Gasteiger partial charge >= 0.3 is 0 Å². The minimum absolute atomic E-state index is 0.0529. The Morgan fingerprint density at radius 1 is 1.07 bits per heavy atom. The number of benzene rings is 2. The predicted octanol–water partition coefficient (Wildman–Crippen LogP) is 3.05. The second kappa shape index (κ2) is 6.68. The van der Waals surface area contributed by atoms with Crippen molar-refractivity contribution in [2.45, 2.75) is 18.2 Å². The third-order valence-corrected chi connectivity index (χ3v) is 5.85. The summed E-state index contributed by atoms with van der Waals surface area (Å²) in [4.78, 5) is 13.4. The van der Waals surface area contributed by atoms with Gasteiger partial charge in [0.05, 0.1) is 11.3 Å². The van der Waals surface area contributed by atoms with Crippen molar-refractivity contribution in [2.24, 2.45) is 0 Å². The van der Waals surface area contributed by atoms with E-state index in [1.54, 1.807) is 56.4 Å². The Morgan fingerprint density at radius 2 is 1.79 bits per heavy atom. The van der Waals surface area contributed by atoms with Crippen LogP contribution in [0.5, 0.6) is 0 Å². The summed E-state index contributed by atoms with van der Waals surface area (Å²) >= 11 is 0. The maximum atomic E-state index is 12.7. The molecule has 0 unspecified atom stereocenters. The fourth-order valence-electron chi connectivity index (χ4n) is 3.02. The van der Waals surface area contributed by atoms with Gasteiger partial charge in [0.25, 0.3) is 10.0 Å². The maximum Gasteiger partial charge on any atom is 0.261 e. The zero-order valence-electron chi connectivity index (χ0n) is 15.3. The maximum absolute atomic E-state index is 12.7. The standard InChI is InChI=1S/C19H18N4O4S/c1-12-9-18(21-27-12)20-14-3-5-15(6-4-14)22-28(25,26)16-7-8-17-13(10-16)11-19(24)23(17)2/h3-10,22H,11H2,1-2H3,(H,20,21). The molecule has 0 spiro atoms. The molecular formula is C19H18N4O4S. The van der Waals surface area contributed by atoms with Crippen molar-refractivity contribution in [3.05, 3.63) is 59.9 Å². The Hall–Kier alpha value is -3.33. The van der Waals surface area contributed by atoms with Crippen LogP contribution in [0.25, 0.3) is 0 Å². The number of nitrogens with one attached hydrogen (secondary N) is 2. The molecule has 0 fully saturated rings. The van der Waals surface area contributed by atoms with Gasteiger partial charge in [-0.05, 0) is 55.0 Å². The molecule has 1 aliphatic rings. The van der Waals surface area contributed by atoms with Crippen LogP contribution < -0.4 is 14.9 Å². The summed E-state index contributed by atoms with van der Waals surface area (Å²) in [6, 6.07) is 13.2. The molecule has 9 heteroatoms. The smallest absolute Gasteiger partial charge is 0.261 e. The first-order valence-corrected chi connectivity index (χ1v) is 10.0. The average Bonchev–Trinajstić information content (AvgIpc) is 3.19. The number of aryl methyl sites for hydroxylation is 1. The first kappa shape index (κ1) is 18.1. The number of rotatable bonds is 5. The number of sulfonamides is 1. The van der Waals surface area contributed by atoms with E-state index in [1.165, 1.54) is 11.0 Å². The summed E-state index contributed by atoms with van der Waals surface area (Å²) in [7, 11) is -2.09. The number of anilines is 4. The van der Waals surface area contributed by atoms with Crippen LogP contribution in [0.15, 0.2) is 57.9 Å². The minimum atomic E-state index is -3.77. The zero-order chi connectivity index (χ0) is 19.9. The van der Waals surface area contributed by atoms with Gasteiger partial charge in [-0.25, -0.2) is 8.42 Å². The molecule has 1 aromatic heterocycles. The molecule has 8 nitrogen and oxygen atoms in total. The molecule has 0 bridgehead atoms. The van der Waals surface area contributed by atoms with Crippen molar-refractivity contribution >= 4 is 38.8 Å². The second-order valence-electron chi connectivity index (χ2n) is 6.55. The van der Waals surface area contributed by atoms with Crippen molar-refractivity contribution in [3.63, 3.8) is 0 Å². The summed E-state index contributed by atoms with van der Waals surface area (Å²) in [6.07, 6.45) is 0.205. The van der Waals surface area contributed by atoms with Gasteiger partial charge in [0.2, 0.25) is 5.91 Å². The molecule has 0 saturated carbocycles. The summed E-state index contributed by atoms with van der Waals surface area (Å²) in [5.41, 5.74) is 2.62. The van der Waals surface area contributed by atoms with Crippen molar-refractivity contribution < 1.29 is 17.7 Å². The van der Waals surface area contributed by atoms with Gasteiger partial charge in [-0.3, -0.25) is 9.52 Å². The number of carbonyl (C=O) groups is 1. The number of amides is 1. The first-order chi connectivity index (χ1) is 13.3. The number of hydrogen-bond donors (Lipinski definition) is 2. The largest absolute Gasteiger partial charge is 0.360 e. The van der Waals surface area contributed by atoms with Crippen LogP contribution in [-0.2, 0) is 21.2 Å². The van der Waals surface area contributed by atoms with Crippen LogP contribution >= 0.6 is 0 Å². The molecule has 0 atom stereocenters. The molecule has 3 aromatic rings. The molecule has 28 heavy (non-hydrogen) atoms. The van der Waals surface area contributed by atoms with E-state index in [9.17, 15) is 13.2 Å². The fourth-order valence-corrected chi connectivity index (χ4v) is 4.13. The van der Waals surface area contributed by atoms with Gasteiger partial charge < -0.3 is 14.7 Å². The number of hydrogen-bond acceptors (Lipinski definition) is 6. The number of carbonyl (C=O) groups excluding carboxylic acids is 1. The highest BCUT2D eigenvalue weighted by molar-refractivity contribution is 7.92. The Kier molecular flexibility index (Phi) is 4.31. The zero-order valence-corrected chi connectivity index (χ0v) is 16.1. The molecule has 2 N–H and O–H groups in total.